The topological polar surface area (TPSA) is 50.2 Å². The average Bonchev–Trinajstić information content (AvgIpc) is 2.46. The van der Waals surface area contributed by atoms with Crippen LogP contribution in [0.25, 0.3) is 0 Å². The molecule has 0 bridgehead atoms. The molecule has 0 saturated heterocycles. The zero-order chi connectivity index (χ0) is 16.4. The number of hydrogen-bond donors (Lipinski definition) is 1. The van der Waals surface area contributed by atoms with Gasteiger partial charge in [-0.05, 0) is 6.92 Å². The van der Waals surface area contributed by atoms with E-state index in [9.17, 15) is 22.0 Å². The fourth-order valence-corrected chi connectivity index (χ4v) is 1.71. The Morgan fingerprint density at radius 1 is 1.00 bits per heavy atom. The number of aryl methyl sites for hydroxylation is 1. The third kappa shape index (κ3) is 3.14. The first-order valence-corrected chi connectivity index (χ1v) is 6.00. The summed E-state index contributed by atoms with van der Waals surface area (Å²) in [6.45, 7) is 1.53. The lowest BCUT2D eigenvalue weighted by Gasteiger charge is -2.04. The molecule has 1 N–H and O–H groups in total. The van der Waals surface area contributed by atoms with Crippen molar-refractivity contribution in [3.8, 4) is 0 Å². The van der Waals surface area contributed by atoms with Gasteiger partial charge in [-0.3, -0.25) is 5.43 Å². The molecular weight excluding hydrogens is 331 g/mol. The SMILES string of the molecule is Cc1nc(Cl)cc(N/N=C/c2c(F)c(F)c(F)c(F)c2F)n1. The van der Waals surface area contributed by atoms with E-state index < -0.39 is 34.6 Å². The van der Waals surface area contributed by atoms with Crippen LogP contribution in [0.4, 0.5) is 27.8 Å². The van der Waals surface area contributed by atoms with Crippen molar-refractivity contribution < 1.29 is 22.0 Å². The second-order valence-electron chi connectivity index (χ2n) is 3.98. The van der Waals surface area contributed by atoms with Crippen molar-refractivity contribution in [3.63, 3.8) is 0 Å². The van der Waals surface area contributed by atoms with E-state index in [1.807, 2.05) is 0 Å². The predicted octanol–water partition coefficient (Wildman–Crippen LogP) is 3.58. The van der Waals surface area contributed by atoms with Crippen molar-refractivity contribution in [2.24, 2.45) is 5.10 Å². The molecule has 1 aromatic heterocycles. The Morgan fingerprint density at radius 2 is 1.55 bits per heavy atom. The highest BCUT2D eigenvalue weighted by atomic mass is 35.5. The maximum absolute atomic E-state index is 13.4. The number of nitrogens with zero attached hydrogens (tertiary/aromatic N) is 3. The average molecular weight is 337 g/mol. The van der Waals surface area contributed by atoms with Crippen molar-refractivity contribution in [2.45, 2.75) is 6.92 Å². The van der Waals surface area contributed by atoms with Gasteiger partial charge in [0.15, 0.2) is 29.1 Å². The van der Waals surface area contributed by atoms with Gasteiger partial charge in [0.25, 0.3) is 0 Å². The Bertz CT molecular complexity index is 716. The normalized spacial score (nSPS) is 11.2. The van der Waals surface area contributed by atoms with Gasteiger partial charge in [0.05, 0.1) is 11.8 Å². The van der Waals surface area contributed by atoms with Gasteiger partial charge >= 0.3 is 0 Å². The molecule has 0 unspecified atom stereocenters. The lowest BCUT2D eigenvalue weighted by atomic mass is 10.2. The first-order chi connectivity index (χ1) is 10.3. The van der Waals surface area contributed by atoms with Crippen LogP contribution in [0.1, 0.15) is 11.4 Å². The van der Waals surface area contributed by atoms with Crippen LogP contribution in [0.2, 0.25) is 5.15 Å². The molecule has 2 rings (SSSR count). The van der Waals surface area contributed by atoms with Gasteiger partial charge in [0.1, 0.15) is 11.0 Å². The number of nitrogens with one attached hydrogen (secondary N) is 1. The molecule has 0 saturated carbocycles. The maximum atomic E-state index is 13.4. The molecule has 0 spiro atoms. The van der Waals surface area contributed by atoms with E-state index in [0.717, 1.165) is 0 Å². The minimum absolute atomic E-state index is 0.0811. The summed E-state index contributed by atoms with van der Waals surface area (Å²) in [6, 6.07) is 1.25. The molecule has 0 aliphatic carbocycles. The van der Waals surface area contributed by atoms with Crippen LogP contribution >= 0.6 is 11.6 Å². The molecule has 10 heteroatoms. The molecule has 22 heavy (non-hydrogen) atoms. The Hall–Kier alpha value is -2.29. The lowest BCUT2D eigenvalue weighted by Crippen LogP contribution is -2.07. The van der Waals surface area contributed by atoms with Crippen LogP contribution in [0.15, 0.2) is 11.2 Å². The minimum Gasteiger partial charge on any atom is -0.261 e. The van der Waals surface area contributed by atoms with Gasteiger partial charge < -0.3 is 0 Å². The number of hydrazone groups is 1. The minimum atomic E-state index is -2.24. The van der Waals surface area contributed by atoms with Crippen LogP contribution in [0.5, 0.6) is 0 Å². The molecule has 0 radical (unpaired) electrons. The van der Waals surface area contributed by atoms with Gasteiger partial charge in [-0.15, -0.1) is 0 Å². The van der Waals surface area contributed by atoms with Crippen LogP contribution in [0.3, 0.4) is 0 Å². The summed E-state index contributed by atoms with van der Waals surface area (Å²) in [7, 11) is 0. The summed E-state index contributed by atoms with van der Waals surface area (Å²) in [6.07, 6.45) is 0.446. The summed E-state index contributed by atoms with van der Waals surface area (Å²) < 4.78 is 65.5. The molecule has 0 fully saturated rings. The van der Waals surface area contributed by atoms with Crippen LogP contribution in [-0.4, -0.2) is 16.2 Å². The summed E-state index contributed by atoms with van der Waals surface area (Å²) in [4.78, 5) is 7.61. The summed E-state index contributed by atoms with van der Waals surface area (Å²) in [5, 5.41) is 3.45. The molecule has 0 atom stereocenters. The fourth-order valence-electron chi connectivity index (χ4n) is 1.49. The second kappa shape index (κ2) is 6.22. The molecular formula is C12H6ClF5N4. The van der Waals surface area contributed by atoms with Gasteiger partial charge in [-0.25, -0.2) is 31.9 Å². The van der Waals surface area contributed by atoms with E-state index in [2.05, 4.69) is 20.5 Å². The summed E-state index contributed by atoms with van der Waals surface area (Å²) >= 11 is 5.65. The predicted molar refractivity (Wildman–Crippen MR) is 69.2 cm³/mol. The summed E-state index contributed by atoms with van der Waals surface area (Å²) in [5.41, 5.74) is 1.06. The number of rotatable bonds is 3. The molecule has 1 aromatic carbocycles. The first-order valence-electron chi connectivity index (χ1n) is 5.63. The molecule has 1 heterocycles. The van der Waals surface area contributed by atoms with Gasteiger partial charge in [0, 0.05) is 6.07 Å². The van der Waals surface area contributed by atoms with Crippen molar-refractivity contribution in [1.29, 1.82) is 0 Å². The maximum Gasteiger partial charge on any atom is 0.200 e. The number of benzene rings is 1. The van der Waals surface area contributed by atoms with Crippen molar-refractivity contribution in [3.05, 3.63) is 51.7 Å². The van der Waals surface area contributed by atoms with E-state index in [0.29, 0.717) is 12.0 Å². The van der Waals surface area contributed by atoms with Gasteiger partial charge in [-0.2, -0.15) is 5.10 Å². The molecule has 116 valence electrons. The fraction of sp³-hybridized carbons (Fsp3) is 0.0833. The van der Waals surface area contributed by atoms with E-state index in [1.165, 1.54) is 13.0 Å². The molecule has 0 aliphatic heterocycles. The first kappa shape index (κ1) is 16.1. The van der Waals surface area contributed by atoms with Gasteiger partial charge in [0.2, 0.25) is 5.82 Å². The quantitative estimate of drug-likeness (QED) is 0.233. The van der Waals surface area contributed by atoms with Crippen LogP contribution < -0.4 is 5.43 Å². The molecule has 4 nitrogen and oxygen atoms in total. The zero-order valence-electron chi connectivity index (χ0n) is 10.8. The van der Waals surface area contributed by atoms with E-state index in [4.69, 9.17) is 11.6 Å². The number of hydrogen-bond acceptors (Lipinski definition) is 4. The second-order valence-corrected chi connectivity index (χ2v) is 4.36. The summed E-state index contributed by atoms with van der Waals surface area (Å²) in [5.74, 6) is -9.95. The molecule has 0 aliphatic rings. The zero-order valence-corrected chi connectivity index (χ0v) is 11.5. The number of halogens is 6. The Morgan fingerprint density at radius 3 is 2.09 bits per heavy atom. The molecule has 0 amide bonds. The largest absolute Gasteiger partial charge is 0.261 e. The standard InChI is InChI=1S/C12H6ClF5N4/c1-4-20-6(13)2-7(21-4)22-19-3-5-8(14)10(16)12(18)11(17)9(5)15/h2-3H,1H3,(H,20,21,22)/b19-3+. The van der Waals surface area contributed by atoms with E-state index in [1.54, 1.807) is 0 Å². The van der Waals surface area contributed by atoms with E-state index >= 15 is 0 Å². The third-order valence-corrected chi connectivity index (χ3v) is 2.62. The van der Waals surface area contributed by atoms with Gasteiger partial charge in [-0.1, -0.05) is 11.6 Å². The Balaban J connectivity index is 2.31. The van der Waals surface area contributed by atoms with Crippen molar-refractivity contribution in [1.82, 2.24) is 9.97 Å². The Kier molecular flexibility index (Phi) is 4.55. The van der Waals surface area contributed by atoms with E-state index in [-0.39, 0.29) is 11.0 Å². The monoisotopic (exact) mass is 336 g/mol. The van der Waals surface area contributed by atoms with Crippen LogP contribution in [-0.2, 0) is 0 Å². The third-order valence-electron chi connectivity index (χ3n) is 2.42. The smallest absolute Gasteiger partial charge is 0.200 e. The van der Waals surface area contributed by atoms with Crippen LogP contribution in [0, 0.1) is 36.0 Å². The number of aromatic nitrogens is 2. The Labute approximate surface area is 125 Å². The highest BCUT2D eigenvalue weighted by molar-refractivity contribution is 6.29. The van der Waals surface area contributed by atoms with Crippen molar-refractivity contribution >= 4 is 23.6 Å². The number of anilines is 1. The van der Waals surface area contributed by atoms with Crippen molar-refractivity contribution in [2.75, 3.05) is 5.43 Å². The highest BCUT2D eigenvalue weighted by Crippen LogP contribution is 2.21. The highest BCUT2D eigenvalue weighted by Gasteiger charge is 2.24. The lowest BCUT2D eigenvalue weighted by molar-refractivity contribution is 0.377. The molecule has 2 aromatic rings.